The zero-order valence-electron chi connectivity index (χ0n) is 14.4. The van der Waals surface area contributed by atoms with Crippen molar-refractivity contribution < 1.29 is 4.79 Å². The van der Waals surface area contributed by atoms with Gasteiger partial charge in [0.15, 0.2) is 5.78 Å². The van der Waals surface area contributed by atoms with E-state index >= 15 is 0 Å². The maximum Gasteiger partial charge on any atom is 0.261 e. The molecule has 122 valence electrons. The number of aryl methyl sites for hydroxylation is 2. The van der Waals surface area contributed by atoms with Crippen LogP contribution >= 0.6 is 0 Å². The highest BCUT2D eigenvalue weighted by Crippen LogP contribution is 2.22. The first-order chi connectivity index (χ1) is 11.4. The molecule has 0 atom stereocenters. The van der Waals surface area contributed by atoms with Crippen LogP contribution in [0.4, 0.5) is 0 Å². The molecular weight excluding hydrogens is 300 g/mol. The van der Waals surface area contributed by atoms with Gasteiger partial charge in [-0.1, -0.05) is 18.2 Å². The van der Waals surface area contributed by atoms with Crippen molar-refractivity contribution in [3.63, 3.8) is 0 Å². The number of fused-ring (bicyclic) bond motifs is 1. The molecule has 0 N–H and O–H groups in total. The summed E-state index contributed by atoms with van der Waals surface area (Å²) in [5, 5.41) is 0.529. The van der Waals surface area contributed by atoms with Gasteiger partial charge < -0.3 is 0 Å². The second kappa shape index (κ2) is 6.04. The molecule has 3 rings (SSSR count). The van der Waals surface area contributed by atoms with Gasteiger partial charge in [0.05, 0.1) is 23.8 Å². The zero-order chi connectivity index (χ0) is 17.4. The van der Waals surface area contributed by atoms with E-state index < -0.39 is 0 Å². The molecule has 1 aromatic heterocycles. The van der Waals surface area contributed by atoms with Gasteiger partial charge in [0.25, 0.3) is 5.56 Å². The summed E-state index contributed by atoms with van der Waals surface area (Å²) >= 11 is 0. The fourth-order valence-electron chi connectivity index (χ4n) is 3.17. The summed E-state index contributed by atoms with van der Waals surface area (Å²) in [6.45, 7) is 7.96. The number of carbonyl (C=O) groups is 1. The molecule has 0 aliphatic rings. The van der Waals surface area contributed by atoms with Crippen LogP contribution in [0.5, 0.6) is 0 Å². The van der Waals surface area contributed by atoms with E-state index in [1.807, 2.05) is 39.8 Å². The Morgan fingerprint density at radius 2 is 1.75 bits per heavy atom. The second-order valence-electron chi connectivity index (χ2n) is 6.25. The Labute approximate surface area is 140 Å². The summed E-state index contributed by atoms with van der Waals surface area (Å²) in [6.07, 6.45) is 1.45. The Hall–Kier alpha value is -2.75. The largest absolute Gasteiger partial charge is 0.292 e. The Morgan fingerprint density at radius 1 is 1.04 bits per heavy atom. The molecule has 0 unspecified atom stereocenters. The molecule has 4 heteroatoms. The number of carbonyl (C=O) groups excluding carboxylic acids is 1. The fraction of sp³-hybridized carbons (Fsp3) is 0.250. The number of benzene rings is 2. The average Bonchev–Trinajstić information content (AvgIpc) is 2.55. The average molecular weight is 320 g/mol. The Balaban J connectivity index is 2.04. The molecule has 0 aliphatic heterocycles. The minimum Gasteiger partial charge on any atom is -0.292 e. The first kappa shape index (κ1) is 16.1. The van der Waals surface area contributed by atoms with Gasteiger partial charge in [0.1, 0.15) is 0 Å². The molecule has 0 aliphatic carbocycles. The van der Waals surface area contributed by atoms with Crippen molar-refractivity contribution in [2.24, 2.45) is 0 Å². The smallest absolute Gasteiger partial charge is 0.261 e. The molecule has 24 heavy (non-hydrogen) atoms. The van der Waals surface area contributed by atoms with Gasteiger partial charge >= 0.3 is 0 Å². The maximum atomic E-state index is 12.8. The van der Waals surface area contributed by atoms with Gasteiger partial charge in [-0.15, -0.1) is 0 Å². The quantitative estimate of drug-likeness (QED) is 0.694. The molecule has 3 aromatic rings. The van der Waals surface area contributed by atoms with Crippen LogP contribution in [-0.4, -0.2) is 15.3 Å². The van der Waals surface area contributed by atoms with Gasteiger partial charge in [-0.25, -0.2) is 4.98 Å². The number of nitrogens with zero attached hydrogens (tertiary/aromatic N) is 2. The van der Waals surface area contributed by atoms with E-state index in [0.717, 1.165) is 16.7 Å². The number of hydrogen-bond acceptors (Lipinski definition) is 3. The predicted molar refractivity (Wildman–Crippen MR) is 95.7 cm³/mol. The lowest BCUT2D eigenvalue weighted by molar-refractivity contribution is 0.0969. The van der Waals surface area contributed by atoms with Crippen LogP contribution in [0.3, 0.4) is 0 Å². The zero-order valence-corrected chi connectivity index (χ0v) is 14.4. The Morgan fingerprint density at radius 3 is 2.50 bits per heavy atom. The topological polar surface area (TPSA) is 52.0 Å². The third-order valence-electron chi connectivity index (χ3n) is 4.68. The summed E-state index contributed by atoms with van der Waals surface area (Å²) < 4.78 is 1.39. The summed E-state index contributed by atoms with van der Waals surface area (Å²) in [5.41, 5.74) is 5.39. The van der Waals surface area contributed by atoms with Crippen LogP contribution in [0.1, 0.15) is 32.6 Å². The van der Waals surface area contributed by atoms with E-state index in [2.05, 4.69) is 4.98 Å². The molecule has 4 nitrogen and oxygen atoms in total. The number of para-hydroxylation sites is 1. The van der Waals surface area contributed by atoms with Gasteiger partial charge in [0, 0.05) is 5.56 Å². The van der Waals surface area contributed by atoms with E-state index in [-0.39, 0.29) is 17.9 Å². The van der Waals surface area contributed by atoms with Crippen LogP contribution < -0.4 is 5.56 Å². The highest BCUT2D eigenvalue weighted by Gasteiger charge is 2.17. The standard InChI is InChI=1S/C20H20N2O2/c1-12-9-13(2)19(15(4)14(12)3)18(23)10-22-11-21-17-8-6-5-7-16(17)20(22)24/h5-9,11H,10H2,1-4H3. The molecule has 0 saturated carbocycles. The van der Waals surface area contributed by atoms with Crippen molar-refractivity contribution in [3.05, 3.63) is 74.8 Å². The third-order valence-corrected chi connectivity index (χ3v) is 4.68. The van der Waals surface area contributed by atoms with Gasteiger partial charge in [0.2, 0.25) is 0 Å². The van der Waals surface area contributed by atoms with Gasteiger partial charge in [-0.2, -0.15) is 0 Å². The van der Waals surface area contributed by atoms with E-state index in [1.54, 1.807) is 18.2 Å². The number of hydrogen-bond donors (Lipinski definition) is 0. The highest BCUT2D eigenvalue weighted by molar-refractivity contribution is 5.99. The second-order valence-corrected chi connectivity index (χ2v) is 6.25. The minimum atomic E-state index is -0.187. The number of aromatic nitrogens is 2. The lowest BCUT2D eigenvalue weighted by atomic mass is 9.92. The Kier molecular flexibility index (Phi) is 4.06. The molecule has 1 heterocycles. The minimum absolute atomic E-state index is 0.000842. The Bertz CT molecular complexity index is 1020. The first-order valence-electron chi connectivity index (χ1n) is 7.95. The van der Waals surface area contributed by atoms with Crippen molar-refractivity contribution in [1.82, 2.24) is 9.55 Å². The highest BCUT2D eigenvalue weighted by atomic mass is 16.1. The summed E-state index contributed by atoms with van der Waals surface area (Å²) in [6, 6.07) is 9.19. The third kappa shape index (κ3) is 2.64. The lowest BCUT2D eigenvalue weighted by Gasteiger charge is -2.14. The van der Waals surface area contributed by atoms with E-state index in [4.69, 9.17) is 0 Å². The van der Waals surface area contributed by atoms with Crippen LogP contribution in [0, 0.1) is 27.7 Å². The summed E-state index contributed by atoms with van der Waals surface area (Å²) in [4.78, 5) is 29.7. The van der Waals surface area contributed by atoms with E-state index in [1.165, 1.54) is 16.5 Å². The predicted octanol–water partition coefficient (Wildman–Crippen LogP) is 3.51. The van der Waals surface area contributed by atoms with Gasteiger partial charge in [-0.05, 0) is 62.1 Å². The van der Waals surface area contributed by atoms with Crippen molar-refractivity contribution >= 4 is 16.7 Å². The molecular formula is C20H20N2O2. The van der Waals surface area contributed by atoms with Crippen molar-refractivity contribution in [2.45, 2.75) is 34.2 Å². The maximum absolute atomic E-state index is 12.8. The van der Waals surface area contributed by atoms with Crippen LogP contribution in [0.15, 0.2) is 41.5 Å². The number of rotatable bonds is 3. The normalized spacial score (nSPS) is 11.0. The van der Waals surface area contributed by atoms with Crippen LogP contribution in [-0.2, 0) is 6.54 Å². The molecule has 0 radical (unpaired) electrons. The van der Waals surface area contributed by atoms with Crippen molar-refractivity contribution in [2.75, 3.05) is 0 Å². The SMILES string of the molecule is Cc1cc(C)c(C(=O)Cn2cnc3ccccc3c2=O)c(C)c1C. The van der Waals surface area contributed by atoms with Gasteiger partial charge in [-0.3, -0.25) is 14.2 Å². The molecule has 0 bridgehead atoms. The summed E-state index contributed by atoms with van der Waals surface area (Å²) in [7, 11) is 0. The van der Waals surface area contributed by atoms with Crippen molar-refractivity contribution in [1.29, 1.82) is 0 Å². The monoisotopic (exact) mass is 320 g/mol. The molecule has 2 aromatic carbocycles. The fourth-order valence-corrected chi connectivity index (χ4v) is 3.17. The van der Waals surface area contributed by atoms with E-state index in [9.17, 15) is 9.59 Å². The van der Waals surface area contributed by atoms with Crippen LogP contribution in [0.2, 0.25) is 0 Å². The number of Topliss-reactive ketones (excluding diaryl/α,β-unsaturated/α-hetero) is 1. The van der Waals surface area contributed by atoms with Crippen LogP contribution in [0.25, 0.3) is 10.9 Å². The van der Waals surface area contributed by atoms with Crippen molar-refractivity contribution in [3.8, 4) is 0 Å². The van der Waals surface area contributed by atoms with E-state index in [0.29, 0.717) is 16.5 Å². The molecule has 0 fully saturated rings. The lowest BCUT2D eigenvalue weighted by Crippen LogP contribution is -2.25. The molecule has 0 spiro atoms. The molecule has 0 saturated heterocycles. The first-order valence-corrected chi connectivity index (χ1v) is 7.95. The number of ketones is 1. The molecule has 0 amide bonds. The summed E-state index contributed by atoms with van der Waals surface area (Å²) in [5.74, 6) is -0.0627.